The SMILES string of the molecule is C[C@H](c1ccccc1)C(CC(=O)N1Cc2ccccc2C1)C(=O)O. The van der Waals surface area contributed by atoms with Crippen LogP contribution in [0.5, 0.6) is 0 Å². The van der Waals surface area contributed by atoms with Gasteiger partial charge in [-0.05, 0) is 22.6 Å². The average Bonchev–Trinajstić information content (AvgIpc) is 3.03. The number of aliphatic carboxylic acids is 1. The van der Waals surface area contributed by atoms with E-state index < -0.39 is 11.9 Å². The van der Waals surface area contributed by atoms with Crippen molar-refractivity contribution < 1.29 is 14.7 Å². The zero-order valence-corrected chi connectivity index (χ0v) is 13.7. The van der Waals surface area contributed by atoms with Crippen LogP contribution in [0.1, 0.15) is 36.0 Å². The van der Waals surface area contributed by atoms with Crippen molar-refractivity contribution >= 4 is 11.9 Å². The van der Waals surface area contributed by atoms with E-state index >= 15 is 0 Å². The van der Waals surface area contributed by atoms with Crippen LogP contribution in [0, 0.1) is 5.92 Å². The first-order valence-corrected chi connectivity index (χ1v) is 8.18. The summed E-state index contributed by atoms with van der Waals surface area (Å²) in [7, 11) is 0. The van der Waals surface area contributed by atoms with E-state index in [4.69, 9.17) is 0 Å². The van der Waals surface area contributed by atoms with Gasteiger partial charge in [0.15, 0.2) is 0 Å². The van der Waals surface area contributed by atoms with Crippen LogP contribution < -0.4 is 0 Å². The molecule has 0 aliphatic carbocycles. The summed E-state index contributed by atoms with van der Waals surface area (Å²) in [5.41, 5.74) is 3.24. The summed E-state index contributed by atoms with van der Waals surface area (Å²) in [5, 5.41) is 9.60. The number of hydrogen-bond donors (Lipinski definition) is 1. The largest absolute Gasteiger partial charge is 0.481 e. The Morgan fingerprint density at radius 2 is 1.54 bits per heavy atom. The fourth-order valence-corrected chi connectivity index (χ4v) is 3.29. The van der Waals surface area contributed by atoms with Crippen LogP contribution in [0.3, 0.4) is 0 Å². The van der Waals surface area contributed by atoms with E-state index in [0.717, 1.165) is 16.7 Å². The van der Waals surface area contributed by atoms with Crippen LogP contribution in [-0.2, 0) is 22.7 Å². The molecule has 0 bridgehead atoms. The molecule has 0 radical (unpaired) electrons. The third-order valence-corrected chi connectivity index (χ3v) is 4.83. The fraction of sp³-hybridized carbons (Fsp3) is 0.300. The second-order valence-corrected chi connectivity index (χ2v) is 6.37. The number of carbonyl (C=O) groups excluding carboxylic acids is 1. The van der Waals surface area contributed by atoms with Gasteiger partial charge in [0.1, 0.15) is 0 Å². The highest BCUT2D eigenvalue weighted by atomic mass is 16.4. The summed E-state index contributed by atoms with van der Waals surface area (Å²) in [5.74, 6) is -1.95. The molecule has 1 unspecified atom stereocenters. The van der Waals surface area contributed by atoms with Crippen molar-refractivity contribution in [3.05, 3.63) is 71.3 Å². The molecule has 2 atom stereocenters. The number of benzene rings is 2. The summed E-state index contributed by atoms with van der Waals surface area (Å²) in [6, 6.07) is 17.5. The van der Waals surface area contributed by atoms with E-state index in [9.17, 15) is 14.7 Å². The molecular formula is C20H21NO3. The van der Waals surface area contributed by atoms with Crippen LogP contribution in [0.4, 0.5) is 0 Å². The summed E-state index contributed by atoms with van der Waals surface area (Å²) >= 11 is 0. The maximum Gasteiger partial charge on any atom is 0.307 e. The zero-order chi connectivity index (χ0) is 17.1. The van der Waals surface area contributed by atoms with Gasteiger partial charge in [-0.15, -0.1) is 0 Å². The number of carboxylic acids is 1. The molecule has 0 aromatic heterocycles. The third-order valence-electron chi connectivity index (χ3n) is 4.83. The molecule has 2 aromatic carbocycles. The Balaban J connectivity index is 1.70. The van der Waals surface area contributed by atoms with E-state index in [1.807, 2.05) is 61.5 Å². The lowest BCUT2D eigenvalue weighted by Gasteiger charge is -2.23. The van der Waals surface area contributed by atoms with Gasteiger partial charge in [0, 0.05) is 19.5 Å². The molecule has 0 saturated carbocycles. The summed E-state index contributed by atoms with van der Waals surface area (Å²) in [4.78, 5) is 26.1. The van der Waals surface area contributed by atoms with Gasteiger partial charge >= 0.3 is 5.97 Å². The molecule has 124 valence electrons. The second-order valence-electron chi connectivity index (χ2n) is 6.37. The molecule has 3 rings (SSSR count). The van der Waals surface area contributed by atoms with Gasteiger partial charge in [-0.1, -0.05) is 61.5 Å². The van der Waals surface area contributed by atoms with E-state index in [1.54, 1.807) is 4.90 Å². The first kappa shape index (κ1) is 16.2. The van der Waals surface area contributed by atoms with Gasteiger partial charge in [0.05, 0.1) is 5.92 Å². The predicted molar refractivity (Wildman–Crippen MR) is 91.3 cm³/mol. The van der Waals surface area contributed by atoms with Crippen LogP contribution in [0.15, 0.2) is 54.6 Å². The minimum absolute atomic E-state index is 0.0272. The molecule has 24 heavy (non-hydrogen) atoms. The van der Waals surface area contributed by atoms with E-state index in [1.165, 1.54) is 0 Å². The second kappa shape index (κ2) is 6.87. The van der Waals surface area contributed by atoms with Crippen molar-refractivity contribution in [1.82, 2.24) is 4.90 Å². The molecule has 1 amide bonds. The molecule has 1 N–H and O–H groups in total. The lowest BCUT2D eigenvalue weighted by Crippen LogP contribution is -2.31. The lowest BCUT2D eigenvalue weighted by molar-refractivity contribution is -0.147. The van der Waals surface area contributed by atoms with Crippen molar-refractivity contribution in [3.63, 3.8) is 0 Å². The molecule has 2 aromatic rings. The van der Waals surface area contributed by atoms with Crippen molar-refractivity contribution in [1.29, 1.82) is 0 Å². The molecule has 1 aliphatic rings. The molecule has 0 fully saturated rings. The summed E-state index contributed by atoms with van der Waals surface area (Å²) in [6.45, 7) is 3.02. The number of nitrogens with zero attached hydrogens (tertiary/aromatic N) is 1. The zero-order valence-electron chi connectivity index (χ0n) is 13.7. The smallest absolute Gasteiger partial charge is 0.307 e. The first-order chi connectivity index (χ1) is 11.6. The number of carboxylic acid groups (broad SMARTS) is 1. The Hall–Kier alpha value is -2.62. The van der Waals surface area contributed by atoms with E-state index in [-0.39, 0.29) is 18.2 Å². The maximum atomic E-state index is 12.6. The van der Waals surface area contributed by atoms with Gasteiger partial charge in [-0.25, -0.2) is 0 Å². The third kappa shape index (κ3) is 3.32. The minimum atomic E-state index is -0.920. The van der Waals surface area contributed by atoms with E-state index in [2.05, 4.69) is 0 Å². The molecule has 1 heterocycles. The quantitative estimate of drug-likeness (QED) is 0.917. The summed E-state index contributed by atoms with van der Waals surface area (Å²) in [6.07, 6.45) is 0.0272. The van der Waals surface area contributed by atoms with Crippen molar-refractivity contribution in [2.75, 3.05) is 0 Å². The van der Waals surface area contributed by atoms with Crippen LogP contribution in [-0.4, -0.2) is 21.9 Å². The number of rotatable bonds is 5. The Kier molecular flexibility index (Phi) is 4.65. The number of fused-ring (bicyclic) bond motifs is 1. The standard InChI is InChI=1S/C20H21NO3/c1-14(15-7-3-2-4-8-15)18(20(23)24)11-19(22)21-12-16-9-5-6-10-17(16)13-21/h2-10,14,18H,11-13H2,1H3,(H,23,24)/t14-,18?/m1/s1. The number of amides is 1. The van der Waals surface area contributed by atoms with Gasteiger partial charge < -0.3 is 10.0 Å². The normalized spacial score (nSPS) is 15.6. The topological polar surface area (TPSA) is 57.6 Å². The molecule has 0 spiro atoms. The fourth-order valence-electron chi connectivity index (χ4n) is 3.29. The number of carbonyl (C=O) groups is 2. The predicted octanol–water partition coefficient (Wildman–Crippen LogP) is 3.42. The average molecular weight is 323 g/mol. The lowest BCUT2D eigenvalue weighted by atomic mass is 9.85. The Morgan fingerprint density at radius 1 is 1.00 bits per heavy atom. The molecule has 4 nitrogen and oxygen atoms in total. The van der Waals surface area contributed by atoms with E-state index in [0.29, 0.717) is 13.1 Å². The van der Waals surface area contributed by atoms with Gasteiger partial charge in [0.25, 0.3) is 0 Å². The van der Waals surface area contributed by atoms with Crippen LogP contribution in [0.25, 0.3) is 0 Å². The Bertz CT molecular complexity index is 717. The number of hydrogen-bond acceptors (Lipinski definition) is 2. The summed E-state index contributed by atoms with van der Waals surface area (Å²) < 4.78 is 0. The Morgan fingerprint density at radius 3 is 2.08 bits per heavy atom. The highest BCUT2D eigenvalue weighted by molar-refractivity contribution is 5.83. The van der Waals surface area contributed by atoms with Gasteiger partial charge in [-0.2, -0.15) is 0 Å². The molecule has 4 heteroatoms. The van der Waals surface area contributed by atoms with Gasteiger partial charge in [0.2, 0.25) is 5.91 Å². The van der Waals surface area contributed by atoms with Gasteiger partial charge in [-0.3, -0.25) is 9.59 Å². The molecule has 0 saturated heterocycles. The highest BCUT2D eigenvalue weighted by Crippen LogP contribution is 2.29. The molecular weight excluding hydrogens is 302 g/mol. The highest BCUT2D eigenvalue weighted by Gasteiger charge is 2.32. The minimum Gasteiger partial charge on any atom is -0.481 e. The maximum absolute atomic E-state index is 12.6. The van der Waals surface area contributed by atoms with Crippen molar-refractivity contribution in [2.45, 2.75) is 32.4 Å². The van der Waals surface area contributed by atoms with Crippen molar-refractivity contribution in [3.8, 4) is 0 Å². The molecule has 1 aliphatic heterocycles. The van der Waals surface area contributed by atoms with Crippen molar-refractivity contribution in [2.24, 2.45) is 5.92 Å². The first-order valence-electron chi connectivity index (χ1n) is 8.18. The monoisotopic (exact) mass is 323 g/mol. The van der Waals surface area contributed by atoms with Crippen LogP contribution >= 0.6 is 0 Å². The Labute approximate surface area is 141 Å². The van der Waals surface area contributed by atoms with Crippen LogP contribution in [0.2, 0.25) is 0 Å².